The van der Waals surface area contributed by atoms with E-state index in [0.717, 1.165) is 0 Å². The topological polar surface area (TPSA) is 65.1 Å². The summed E-state index contributed by atoms with van der Waals surface area (Å²) in [5, 5.41) is 10.8. The van der Waals surface area contributed by atoms with Crippen molar-refractivity contribution in [3.05, 3.63) is 63.6 Å². The fourth-order valence-corrected chi connectivity index (χ4v) is 1.68. The van der Waals surface area contributed by atoms with Crippen LogP contribution in [-0.2, 0) is 6.54 Å². The normalized spacial score (nSPS) is 10.3. The van der Waals surface area contributed by atoms with Crippen LogP contribution in [0.1, 0.15) is 16.1 Å². The number of rotatable bonds is 4. The van der Waals surface area contributed by atoms with Crippen LogP contribution < -0.4 is 0 Å². The van der Waals surface area contributed by atoms with Gasteiger partial charge in [-0.25, -0.2) is 8.96 Å². The monoisotopic (exact) mass is 248 g/mol. The van der Waals surface area contributed by atoms with Crippen LogP contribution in [0.5, 0.6) is 0 Å². The van der Waals surface area contributed by atoms with Gasteiger partial charge in [0.1, 0.15) is 12.4 Å². The number of halogens is 1. The summed E-state index contributed by atoms with van der Waals surface area (Å²) in [4.78, 5) is 21.0. The van der Waals surface area contributed by atoms with Crippen molar-refractivity contribution in [1.29, 1.82) is 0 Å². The number of hydrogen-bond donors (Lipinski definition) is 0. The molecule has 0 fully saturated rings. The lowest BCUT2D eigenvalue weighted by Gasteiger charge is -2.03. The molecule has 0 aliphatic heterocycles. The van der Waals surface area contributed by atoms with Crippen molar-refractivity contribution in [1.82, 2.24) is 4.57 Å². The van der Waals surface area contributed by atoms with E-state index in [0.29, 0.717) is 11.8 Å². The van der Waals surface area contributed by atoms with Crippen LogP contribution in [0.15, 0.2) is 36.4 Å². The average molecular weight is 248 g/mol. The Kier molecular flexibility index (Phi) is 3.18. The molecule has 0 amide bonds. The SMILES string of the molecule is O=Cc1ccc([N+](=O)[O-])n1Cc1ccc(F)cc1. The highest BCUT2D eigenvalue weighted by atomic mass is 19.1. The van der Waals surface area contributed by atoms with E-state index in [4.69, 9.17) is 0 Å². The maximum atomic E-state index is 12.7. The van der Waals surface area contributed by atoms with Gasteiger partial charge in [0, 0.05) is 6.07 Å². The zero-order chi connectivity index (χ0) is 13.1. The van der Waals surface area contributed by atoms with E-state index in [1.807, 2.05) is 0 Å². The van der Waals surface area contributed by atoms with Crippen molar-refractivity contribution in [2.75, 3.05) is 0 Å². The lowest BCUT2D eigenvalue weighted by Crippen LogP contribution is -2.07. The molecular formula is C12H9FN2O3. The largest absolute Gasteiger partial charge is 0.358 e. The minimum atomic E-state index is -0.559. The highest BCUT2D eigenvalue weighted by molar-refractivity contribution is 5.73. The molecule has 0 unspecified atom stereocenters. The predicted octanol–water partition coefficient (Wildman–Crippen LogP) is 2.40. The van der Waals surface area contributed by atoms with Crippen molar-refractivity contribution in [2.24, 2.45) is 0 Å². The molecule has 18 heavy (non-hydrogen) atoms. The predicted molar refractivity (Wildman–Crippen MR) is 62.0 cm³/mol. The number of carbonyl (C=O) groups excluding carboxylic acids is 1. The smallest absolute Gasteiger partial charge is 0.323 e. The van der Waals surface area contributed by atoms with Crippen LogP contribution in [0.4, 0.5) is 10.2 Å². The summed E-state index contributed by atoms with van der Waals surface area (Å²) >= 11 is 0. The molecule has 0 N–H and O–H groups in total. The summed E-state index contributed by atoms with van der Waals surface area (Å²) in [5.41, 5.74) is 0.893. The van der Waals surface area contributed by atoms with Gasteiger partial charge in [0.2, 0.25) is 0 Å². The molecule has 2 rings (SSSR count). The van der Waals surface area contributed by atoms with E-state index >= 15 is 0 Å². The van der Waals surface area contributed by atoms with Gasteiger partial charge in [0.05, 0.1) is 0 Å². The molecule has 1 aromatic carbocycles. The molecule has 0 saturated heterocycles. The van der Waals surface area contributed by atoms with Crippen LogP contribution in [0, 0.1) is 15.9 Å². The third kappa shape index (κ3) is 2.27. The zero-order valence-corrected chi connectivity index (χ0v) is 9.25. The Morgan fingerprint density at radius 3 is 2.44 bits per heavy atom. The second kappa shape index (κ2) is 4.79. The van der Waals surface area contributed by atoms with Gasteiger partial charge < -0.3 is 10.1 Å². The number of carbonyl (C=O) groups is 1. The van der Waals surface area contributed by atoms with E-state index in [9.17, 15) is 19.3 Å². The Morgan fingerprint density at radius 2 is 1.89 bits per heavy atom. The highest BCUT2D eigenvalue weighted by Gasteiger charge is 2.18. The molecule has 2 aromatic rings. The summed E-state index contributed by atoms with van der Waals surface area (Å²) in [6.07, 6.45) is 0.552. The van der Waals surface area contributed by atoms with Crippen molar-refractivity contribution >= 4 is 12.1 Å². The van der Waals surface area contributed by atoms with E-state index in [1.54, 1.807) is 0 Å². The van der Waals surface area contributed by atoms with Gasteiger partial charge >= 0.3 is 5.82 Å². The number of aldehydes is 1. The second-order valence-electron chi connectivity index (χ2n) is 3.70. The molecule has 0 atom stereocenters. The first-order chi connectivity index (χ1) is 8.61. The Balaban J connectivity index is 2.38. The number of benzene rings is 1. The van der Waals surface area contributed by atoms with E-state index in [-0.39, 0.29) is 23.9 Å². The Hall–Kier alpha value is -2.50. The lowest BCUT2D eigenvalue weighted by atomic mass is 10.2. The van der Waals surface area contributed by atoms with Crippen LogP contribution in [0.25, 0.3) is 0 Å². The summed E-state index contributed by atoms with van der Waals surface area (Å²) in [6, 6.07) is 8.24. The molecule has 0 bridgehead atoms. The minimum absolute atomic E-state index is 0.150. The number of nitrogens with zero attached hydrogens (tertiary/aromatic N) is 2. The molecule has 5 nitrogen and oxygen atoms in total. The van der Waals surface area contributed by atoms with E-state index < -0.39 is 4.92 Å². The van der Waals surface area contributed by atoms with Gasteiger partial charge in [0.15, 0.2) is 12.0 Å². The van der Waals surface area contributed by atoms with Crippen LogP contribution in [0.2, 0.25) is 0 Å². The third-order valence-electron chi connectivity index (χ3n) is 2.55. The van der Waals surface area contributed by atoms with Crippen LogP contribution in [-0.4, -0.2) is 15.8 Å². The standard InChI is InChI=1S/C12H9FN2O3/c13-10-3-1-9(2-4-10)7-14-11(8-16)5-6-12(14)15(17)18/h1-6,8H,7H2. The van der Waals surface area contributed by atoms with Crippen molar-refractivity contribution in [3.8, 4) is 0 Å². The van der Waals surface area contributed by atoms with Gasteiger partial charge in [-0.1, -0.05) is 12.1 Å². The Morgan fingerprint density at radius 1 is 1.22 bits per heavy atom. The third-order valence-corrected chi connectivity index (χ3v) is 2.55. The fraction of sp³-hybridized carbons (Fsp3) is 0.0833. The van der Waals surface area contributed by atoms with E-state index in [2.05, 4.69) is 0 Å². The molecule has 0 aliphatic rings. The molecular weight excluding hydrogens is 239 g/mol. The Bertz CT molecular complexity index is 590. The molecule has 0 radical (unpaired) electrons. The van der Waals surface area contributed by atoms with Crippen molar-refractivity contribution in [2.45, 2.75) is 6.54 Å². The quantitative estimate of drug-likeness (QED) is 0.474. The van der Waals surface area contributed by atoms with Gasteiger partial charge in [-0.3, -0.25) is 4.79 Å². The van der Waals surface area contributed by atoms with Gasteiger partial charge in [-0.2, -0.15) is 0 Å². The zero-order valence-electron chi connectivity index (χ0n) is 9.25. The maximum absolute atomic E-state index is 12.7. The average Bonchev–Trinajstić information content (AvgIpc) is 2.75. The van der Waals surface area contributed by atoms with Crippen molar-refractivity contribution < 1.29 is 14.1 Å². The van der Waals surface area contributed by atoms with E-state index in [1.165, 1.54) is 41.0 Å². The number of nitro groups is 1. The van der Waals surface area contributed by atoms with Crippen LogP contribution >= 0.6 is 0 Å². The Labute approximate surface area is 102 Å². The number of aromatic nitrogens is 1. The van der Waals surface area contributed by atoms with Gasteiger partial charge in [0.25, 0.3) is 0 Å². The summed E-state index contributed by atoms with van der Waals surface area (Å²) in [7, 11) is 0. The first-order valence-electron chi connectivity index (χ1n) is 5.15. The molecule has 92 valence electrons. The summed E-state index contributed by atoms with van der Waals surface area (Å²) in [6.45, 7) is 0.150. The molecule has 0 spiro atoms. The molecule has 6 heteroatoms. The minimum Gasteiger partial charge on any atom is -0.358 e. The first-order valence-corrected chi connectivity index (χ1v) is 5.15. The second-order valence-corrected chi connectivity index (χ2v) is 3.70. The maximum Gasteiger partial charge on any atom is 0.323 e. The molecule has 1 aromatic heterocycles. The molecule has 1 heterocycles. The van der Waals surface area contributed by atoms with Gasteiger partial charge in [-0.15, -0.1) is 0 Å². The summed E-state index contributed by atoms with van der Waals surface area (Å²) in [5.74, 6) is -0.544. The van der Waals surface area contributed by atoms with Crippen LogP contribution in [0.3, 0.4) is 0 Å². The lowest BCUT2D eigenvalue weighted by molar-refractivity contribution is -0.392. The molecule has 0 saturated carbocycles. The van der Waals surface area contributed by atoms with Crippen molar-refractivity contribution in [3.63, 3.8) is 0 Å². The van der Waals surface area contributed by atoms with Gasteiger partial charge in [-0.05, 0) is 28.7 Å². The highest BCUT2D eigenvalue weighted by Crippen LogP contribution is 2.18. The summed E-state index contributed by atoms with van der Waals surface area (Å²) < 4.78 is 14.0. The first kappa shape index (κ1) is 12.0. The number of hydrogen-bond acceptors (Lipinski definition) is 3. The molecule has 0 aliphatic carbocycles. The fourth-order valence-electron chi connectivity index (χ4n) is 1.68.